The fourth-order valence-corrected chi connectivity index (χ4v) is 5.77. The number of aliphatic hydroxyl groups is 1. The second-order valence-corrected chi connectivity index (χ2v) is 15.1. The summed E-state index contributed by atoms with van der Waals surface area (Å²) < 4.78 is 23.4. The molecule has 0 heterocycles. The largest absolute Gasteiger partial charge is 0.472 e. The highest BCUT2D eigenvalue weighted by Gasteiger charge is 2.27. The number of allylic oxidation sites excluding steroid dienone is 1. The average Bonchev–Trinajstić information content (AvgIpc) is 2.95. The number of unbranched alkanes of at least 4 members (excludes halogenated alkanes) is 19. The fraction of sp³-hybridized carbons (Fsp3) is 0.914. The SMILES string of the molecule is CCCCCCCCCCCC/C=C/[C@@H](O)[C@H](COP(=O)(O)OCC[N+](C)(C)C)NC(=O)CCCCCCCCCCCC. The highest BCUT2D eigenvalue weighted by molar-refractivity contribution is 7.47. The molecule has 0 aliphatic carbocycles. The highest BCUT2D eigenvalue weighted by atomic mass is 31.2. The second kappa shape index (κ2) is 28.5. The van der Waals surface area contributed by atoms with Crippen molar-refractivity contribution in [2.24, 2.45) is 0 Å². The molecule has 9 heteroatoms. The Morgan fingerprint density at radius 1 is 0.750 bits per heavy atom. The molecule has 0 aromatic rings. The lowest BCUT2D eigenvalue weighted by molar-refractivity contribution is -0.870. The van der Waals surface area contributed by atoms with E-state index in [2.05, 4.69) is 19.2 Å². The van der Waals surface area contributed by atoms with Gasteiger partial charge in [0.1, 0.15) is 13.2 Å². The minimum absolute atomic E-state index is 0.0638. The first-order valence-electron chi connectivity index (χ1n) is 18.1. The molecule has 0 fully saturated rings. The summed E-state index contributed by atoms with van der Waals surface area (Å²) in [5, 5.41) is 13.7. The van der Waals surface area contributed by atoms with Crippen LogP contribution in [0.3, 0.4) is 0 Å². The number of aliphatic hydroxyl groups excluding tert-OH is 1. The number of nitrogens with one attached hydrogen (secondary N) is 1. The Balaban J connectivity index is 4.59. The summed E-state index contributed by atoms with van der Waals surface area (Å²) in [5.74, 6) is -0.181. The number of amides is 1. The summed E-state index contributed by atoms with van der Waals surface area (Å²) in [5.41, 5.74) is 0. The molecule has 0 saturated carbocycles. The smallest absolute Gasteiger partial charge is 0.387 e. The number of carbonyl (C=O) groups excluding carboxylic acids is 1. The molecule has 0 aromatic heterocycles. The molecule has 44 heavy (non-hydrogen) atoms. The summed E-state index contributed by atoms with van der Waals surface area (Å²) in [7, 11) is 1.57. The minimum Gasteiger partial charge on any atom is -0.387 e. The van der Waals surface area contributed by atoms with Crippen molar-refractivity contribution in [1.82, 2.24) is 5.32 Å². The first kappa shape index (κ1) is 43.2. The van der Waals surface area contributed by atoms with E-state index in [4.69, 9.17) is 9.05 Å². The van der Waals surface area contributed by atoms with Crippen LogP contribution in [-0.2, 0) is 18.4 Å². The Kier molecular flexibility index (Phi) is 28.0. The lowest BCUT2D eigenvalue weighted by atomic mass is 10.0. The van der Waals surface area contributed by atoms with E-state index < -0.39 is 20.0 Å². The number of nitrogens with zero attached hydrogens (tertiary/aromatic N) is 1. The van der Waals surface area contributed by atoms with Crippen LogP contribution in [0.5, 0.6) is 0 Å². The highest BCUT2D eigenvalue weighted by Crippen LogP contribution is 2.43. The third kappa shape index (κ3) is 29.9. The lowest BCUT2D eigenvalue weighted by Gasteiger charge is -2.25. The number of hydrogen-bond donors (Lipinski definition) is 3. The van der Waals surface area contributed by atoms with Crippen LogP contribution in [0.1, 0.15) is 155 Å². The number of phosphoric acid groups is 1. The zero-order valence-corrected chi connectivity index (χ0v) is 30.3. The van der Waals surface area contributed by atoms with Crippen molar-refractivity contribution in [1.29, 1.82) is 0 Å². The van der Waals surface area contributed by atoms with E-state index >= 15 is 0 Å². The first-order chi connectivity index (χ1) is 21.0. The number of phosphoric ester groups is 1. The molecule has 0 bridgehead atoms. The van der Waals surface area contributed by atoms with Gasteiger partial charge in [0.25, 0.3) is 0 Å². The van der Waals surface area contributed by atoms with E-state index in [0.717, 1.165) is 38.5 Å². The average molecular weight is 648 g/mol. The molecule has 0 radical (unpaired) electrons. The van der Waals surface area contributed by atoms with E-state index in [1.54, 1.807) is 6.08 Å². The van der Waals surface area contributed by atoms with Gasteiger partial charge in [-0.05, 0) is 19.3 Å². The molecular formula is C35H72N2O6P+. The van der Waals surface area contributed by atoms with Crippen molar-refractivity contribution in [3.05, 3.63) is 12.2 Å². The van der Waals surface area contributed by atoms with Crippen LogP contribution < -0.4 is 5.32 Å². The van der Waals surface area contributed by atoms with Crippen molar-refractivity contribution in [2.75, 3.05) is 40.9 Å². The minimum atomic E-state index is -4.32. The molecule has 8 nitrogen and oxygen atoms in total. The predicted octanol–water partition coefficient (Wildman–Crippen LogP) is 8.85. The fourth-order valence-electron chi connectivity index (χ4n) is 5.04. The maximum Gasteiger partial charge on any atom is 0.472 e. The molecule has 0 spiro atoms. The molecule has 0 aliphatic heterocycles. The molecule has 3 atom stereocenters. The Bertz CT molecular complexity index is 743. The van der Waals surface area contributed by atoms with Gasteiger partial charge in [-0.2, -0.15) is 0 Å². The Labute approximate surface area is 272 Å². The summed E-state index contributed by atoms with van der Waals surface area (Å²) in [6.07, 6.45) is 28.4. The van der Waals surface area contributed by atoms with Gasteiger partial charge in [0, 0.05) is 6.42 Å². The van der Waals surface area contributed by atoms with Crippen LogP contribution in [0.4, 0.5) is 0 Å². The second-order valence-electron chi connectivity index (χ2n) is 13.6. The van der Waals surface area contributed by atoms with Crippen molar-refractivity contribution in [3.63, 3.8) is 0 Å². The summed E-state index contributed by atoms with van der Waals surface area (Å²) >= 11 is 0. The summed E-state index contributed by atoms with van der Waals surface area (Å²) in [6.45, 7) is 4.77. The standard InChI is InChI=1S/C35H71N2O6P/c1-6-8-10-12-14-16-18-19-20-22-24-26-28-34(38)33(32-43-44(40,41)42-31-30-37(3,4)5)36-35(39)29-27-25-23-21-17-15-13-11-9-7-2/h26,28,33-34,38H,6-25,27,29-32H2,1-5H3,(H-,36,39,40,41)/p+1/b28-26+/t33-,34+/m0/s1. The molecule has 1 unspecified atom stereocenters. The normalized spacial score (nSPS) is 15.0. The lowest BCUT2D eigenvalue weighted by Crippen LogP contribution is -2.45. The molecule has 1 amide bonds. The maximum atomic E-state index is 12.7. The first-order valence-corrected chi connectivity index (χ1v) is 19.6. The van der Waals surface area contributed by atoms with Gasteiger partial charge in [-0.3, -0.25) is 13.8 Å². The number of likely N-dealkylation sites (N-methyl/N-ethyl adjacent to an activating group) is 1. The summed E-state index contributed by atoms with van der Waals surface area (Å²) in [6, 6.07) is -0.836. The Morgan fingerprint density at radius 3 is 1.68 bits per heavy atom. The van der Waals surface area contributed by atoms with Gasteiger partial charge in [-0.15, -0.1) is 0 Å². The van der Waals surface area contributed by atoms with Gasteiger partial charge >= 0.3 is 7.82 Å². The number of hydrogen-bond acceptors (Lipinski definition) is 5. The summed E-state index contributed by atoms with van der Waals surface area (Å²) in [4.78, 5) is 22.9. The number of quaternary nitrogens is 1. The Morgan fingerprint density at radius 2 is 1.20 bits per heavy atom. The number of carbonyl (C=O) groups is 1. The zero-order chi connectivity index (χ0) is 32.9. The molecular weight excluding hydrogens is 575 g/mol. The monoisotopic (exact) mass is 648 g/mol. The van der Waals surface area contributed by atoms with E-state index in [0.29, 0.717) is 17.4 Å². The molecule has 0 rings (SSSR count). The van der Waals surface area contributed by atoms with Crippen molar-refractivity contribution in [3.8, 4) is 0 Å². The third-order valence-corrected chi connectivity index (χ3v) is 8.99. The van der Waals surface area contributed by atoms with Crippen LogP contribution in [0.25, 0.3) is 0 Å². The molecule has 262 valence electrons. The number of rotatable bonds is 32. The molecule has 3 N–H and O–H groups in total. The van der Waals surface area contributed by atoms with Crippen molar-refractivity contribution >= 4 is 13.7 Å². The Hall–Kier alpha value is -0.760. The van der Waals surface area contributed by atoms with Gasteiger partial charge in [-0.1, -0.05) is 142 Å². The van der Waals surface area contributed by atoms with Gasteiger partial charge in [0.05, 0.1) is 39.9 Å². The van der Waals surface area contributed by atoms with Crippen LogP contribution in [0.15, 0.2) is 12.2 Å². The molecule has 0 aliphatic rings. The van der Waals surface area contributed by atoms with Crippen LogP contribution >= 0.6 is 7.82 Å². The zero-order valence-electron chi connectivity index (χ0n) is 29.4. The molecule has 0 aromatic carbocycles. The maximum absolute atomic E-state index is 12.7. The van der Waals surface area contributed by atoms with E-state index in [1.807, 2.05) is 27.2 Å². The van der Waals surface area contributed by atoms with Crippen molar-refractivity contribution < 1.29 is 32.9 Å². The van der Waals surface area contributed by atoms with E-state index in [9.17, 15) is 19.4 Å². The van der Waals surface area contributed by atoms with E-state index in [-0.39, 0.29) is 19.1 Å². The van der Waals surface area contributed by atoms with Gasteiger partial charge in [0.2, 0.25) is 5.91 Å². The van der Waals surface area contributed by atoms with Gasteiger partial charge < -0.3 is 19.8 Å². The topological polar surface area (TPSA) is 105 Å². The van der Waals surface area contributed by atoms with Crippen LogP contribution in [0.2, 0.25) is 0 Å². The predicted molar refractivity (Wildman–Crippen MR) is 185 cm³/mol. The molecule has 0 saturated heterocycles. The van der Waals surface area contributed by atoms with Crippen LogP contribution in [-0.4, -0.2) is 73.4 Å². The van der Waals surface area contributed by atoms with Crippen molar-refractivity contribution in [2.45, 2.75) is 167 Å². The van der Waals surface area contributed by atoms with Crippen LogP contribution in [0, 0.1) is 0 Å². The van der Waals surface area contributed by atoms with Gasteiger partial charge in [0.15, 0.2) is 0 Å². The van der Waals surface area contributed by atoms with Gasteiger partial charge in [-0.25, -0.2) is 4.57 Å². The third-order valence-electron chi connectivity index (χ3n) is 8.01. The quantitative estimate of drug-likeness (QED) is 0.0292. The van der Waals surface area contributed by atoms with E-state index in [1.165, 1.54) is 96.3 Å².